The van der Waals surface area contributed by atoms with Crippen LogP contribution in [0.1, 0.15) is 15.9 Å². The molecular formula is C17H19ClN2O2. The number of nitrogens with one attached hydrogen (secondary N) is 1. The average molecular weight is 319 g/mol. The van der Waals surface area contributed by atoms with Crippen molar-refractivity contribution >= 4 is 28.9 Å². The second kappa shape index (κ2) is 7.29. The highest BCUT2D eigenvalue weighted by molar-refractivity contribution is 6.31. The molecule has 0 bridgehead atoms. The largest absolute Gasteiger partial charge is 0.395 e. The van der Waals surface area contributed by atoms with Crippen molar-refractivity contribution in [3.8, 4) is 0 Å². The van der Waals surface area contributed by atoms with E-state index in [-0.39, 0.29) is 12.5 Å². The fourth-order valence-electron chi connectivity index (χ4n) is 2.07. The van der Waals surface area contributed by atoms with Crippen LogP contribution < -0.4 is 10.2 Å². The summed E-state index contributed by atoms with van der Waals surface area (Å²) in [5, 5.41) is 12.4. The number of aliphatic hydroxyl groups excluding tert-OH is 1. The highest BCUT2D eigenvalue weighted by atomic mass is 35.5. The van der Waals surface area contributed by atoms with Gasteiger partial charge in [-0.3, -0.25) is 4.79 Å². The monoisotopic (exact) mass is 318 g/mol. The van der Waals surface area contributed by atoms with Gasteiger partial charge >= 0.3 is 0 Å². The number of carbonyl (C=O) groups is 1. The first-order chi connectivity index (χ1) is 10.5. The molecule has 0 spiro atoms. The van der Waals surface area contributed by atoms with Gasteiger partial charge in [0.1, 0.15) is 0 Å². The lowest BCUT2D eigenvalue weighted by atomic mass is 10.1. The highest BCUT2D eigenvalue weighted by Crippen LogP contribution is 2.19. The first-order valence-corrected chi connectivity index (χ1v) is 7.38. The summed E-state index contributed by atoms with van der Waals surface area (Å²) < 4.78 is 0. The van der Waals surface area contributed by atoms with E-state index >= 15 is 0 Å². The number of likely N-dealkylation sites (N-methyl/N-ethyl adjacent to an activating group) is 1. The molecule has 0 saturated carbocycles. The third-order valence-corrected chi connectivity index (χ3v) is 3.85. The van der Waals surface area contributed by atoms with Crippen LogP contribution in [-0.2, 0) is 0 Å². The molecule has 22 heavy (non-hydrogen) atoms. The SMILES string of the molecule is Cc1cc(C(=O)Nc2ccc(N(C)CCO)cc2)ccc1Cl. The van der Waals surface area contributed by atoms with Crippen molar-refractivity contribution in [3.63, 3.8) is 0 Å². The molecule has 4 nitrogen and oxygen atoms in total. The number of benzene rings is 2. The van der Waals surface area contributed by atoms with Crippen molar-refractivity contribution in [3.05, 3.63) is 58.6 Å². The van der Waals surface area contributed by atoms with Crippen LogP contribution in [0.15, 0.2) is 42.5 Å². The summed E-state index contributed by atoms with van der Waals surface area (Å²) in [5.41, 5.74) is 3.15. The Morgan fingerprint density at radius 3 is 2.50 bits per heavy atom. The molecule has 0 radical (unpaired) electrons. The van der Waals surface area contributed by atoms with Crippen LogP contribution in [0.3, 0.4) is 0 Å². The van der Waals surface area contributed by atoms with Gasteiger partial charge in [0, 0.05) is 35.6 Å². The smallest absolute Gasteiger partial charge is 0.255 e. The lowest BCUT2D eigenvalue weighted by Gasteiger charge is -2.18. The van der Waals surface area contributed by atoms with Crippen LogP contribution in [0.25, 0.3) is 0 Å². The first kappa shape index (κ1) is 16.3. The molecule has 0 aliphatic rings. The standard InChI is InChI=1S/C17H19ClN2O2/c1-12-11-13(3-8-16(12)18)17(22)19-14-4-6-15(7-5-14)20(2)9-10-21/h3-8,11,21H,9-10H2,1-2H3,(H,19,22). The average Bonchev–Trinajstić information content (AvgIpc) is 2.51. The van der Waals surface area contributed by atoms with Gasteiger partial charge in [-0.1, -0.05) is 11.6 Å². The van der Waals surface area contributed by atoms with Crippen molar-refractivity contribution in [1.82, 2.24) is 0 Å². The van der Waals surface area contributed by atoms with Gasteiger partial charge < -0.3 is 15.3 Å². The van der Waals surface area contributed by atoms with Gasteiger partial charge in [0.05, 0.1) is 6.61 Å². The van der Waals surface area contributed by atoms with Crippen molar-refractivity contribution < 1.29 is 9.90 Å². The Labute approximate surface area is 135 Å². The van der Waals surface area contributed by atoms with E-state index in [0.717, 1.165) is 16.9 Å². The molecule has 2 N–H and O–H groups in total. The topological polar surface area (TPSA) is 52.6 Å². The van der Waals surface area contributed by atoms with E-state index in [9.17, 15) is 4.79 Å². The third kappa shape index (κ3) is 4.00. The number of anilines is 2. The molecule has 2 aromatic carbocycles. The van der Waals surface area contributed by atoms with Crippen molar-refractivity contribution in [2.24, 2.45) is 0 Å². The van der Waals surface area contributed by atoms with Crippen molar-refractivity contribution in [1.29, 1.82) is 0 Å². The summed E-state index contributed by atoms with van der Waals surface area (Å²) in [6, 6.07) is 12.7. The van der Waals surface area contributed by atoms with Gasteiger partial charge in [-0.05, 0) is 55.0 Å². The van der Waals surface area contributed by atoms with Crippen LogP contribution in [0, 0.1) is 6.92 Å². The Balaban J connectivity index is 2.06. The van der Waals surface area contributed by atoms with E-state index in [1.54, 1.807) is 18.2 Å². The van der Waals surface area contributed by atoms with Crippen molar-refractivity contribution in [2.75, 3.05) is 30.4 Å². The summed E-state index contributed by atoms with van der Waals surface area (Å²) in [4.78, 5) is 14.1. The summed E-state index contributed by atoms with van der Waals surface area (Å²) in [5.74, 6) is -0.170. The molecule has 2 aromatic rings. The zero-order valence-electron chi connectivity index (χ0n) is 12.6. The summed E-state index contributed by atoms with van der Waals surface area (Å²) >= 11 is 5.96. The molecule has 0 saturated heterocycles. The second-order valence-electron chi connectivity index (χ2n) is 5.11. The molecule has 0 atom stereocenters. The van der Waals surface area contributed by atoms with Crippen molar-refractivity contribution in [2.45, 2.75) is 6.92 Å². The maximum Gasteiger partial charge on any atom is 0.255 e. The maximum absolute atomic E-state index is 12.2. The maximum atomic E-state index is 12.2. The number of halogens is 1. The Morgan fingerprint density at radius 1 is 1.23 bits per heavy atom. The molecule has 0 aromatic heterocycles. The lowest BCUT2D eigenvalue weighted by Crippen LogP contribution is -2.21. The zero-order valence-corrected chi connectivity index (χ0v) is 13.4. The molecule has 116 valence electrons. The predicted molar refractivity (Wildman–Crippen MR) is 90.9 cm³/mol. The number of hydrogen-bond acceptors (Lipinski definition) is 3. The van der Waals surface area contributed by atoms with E-state index in [4.69, 9.17) is 16.7 Å². The molecule has 1 amide bonds. The minimum atomic E-state index is -0.170. The van der Waals surface area contributed by atoms with E-state index in [1.807, 2.05) is 43.1 Å². The van der Waals surface area contributed by atoms with Crippen LogP contribution in [0.5, 0.6) is 0 Å². The lowest BCUT2D eigenvalue weighted by molar-refractivity contribution is 0.102. The number of amides is 1. The Hall–Kier alpha value is -2.04. The van der Waals surface area contributed by atoms with E-state index in [0.29, 0.717) is 17.1 Å². The molecule has 0 aliphatic heterocycles. The van der Waals surface area contributed by atoms with Crippen LogP contribution in [-0.4, -0.2) is 31.2 Å². The van der Waals surface area contributed by atoms with Gasteiger partial charge in [-0.25, -0.2) is 0 Å². The Bertz CT molecular complexity index is 656. The van der Waals surface area contributed by atoms with Crippen LogP contribution in [0.4, 0.5) is 11.4 Å². The Kier molecular flexibility index (Phi) is 5.41. The van der Waals surface area contributed by atoms with Gasteiger partial charge in [0.2, 0.25) is 0 Å². The normalized spacial score (nSPS) is 10.4. The number of rotatable bonds is 5. The number of hydrogen-bond donors (Lipinski definition) is 2. The summed E-state index contributed by atoms with van der Waals surface area (Å²) in [6.07, 6.45) is 0. The van der Waals surface area contributed by atoms with Gasteiger partial charge in [0.15, 0.2) is 0 Å². The highest BCUT2D eigenvalue weighted by Gasteiger charge is 2.08. The first-order valence-electron chi connectivity index (χ1n) is 7.01. The van der Waals surface area contributed by atoms with Crippen LogP contribution in [0.2, 0.25) is 5.02 Å². The number of aliphatic hydroxyl groups is 1. The molecule has 2 rings (SSSR count). The second-order valence-corrected chi connectivity index (χ2v) is 5.52. The Morgan fingerprint density at radius 2 is 1.91 bits per heavy atom. The molecule has 0 fully saturated rings. The third-order valence-electron chi connectivity index (χ3n) is 3.42. The molecule has 0 aliphatic carbocycles. The number of carbonyl (C=O) groups excluding carboxylic acids is 1. The fraction of sp³-hybridized carbons (Fsp3) is 0.235. The summed E-state index contributed by atoms with van der Waals surface area (Å²) in [7, 11) is 1.90. The van der Waals surface area contributed by atoms with E-state index in [2.05, 4.69) is 5.32 Å². The molecular weight excluding hydrogens is 300 g/mol. The number of aryl methyl sites for hydroxylation is 1. The van der Waals surface area contributed by atoms with E-state index < -0.39 is 0 Å². The molecule has 5 heteroatoms. The molecule has 0 unspecified atom stereocenters. The minimum Gasteiger partial charge on any atom is -0.395 e. The van der Waals surface area contributed by atoms with E-state index in [1.165, 1.54) is 0 Å². The van der Waals surface area contributed by atoms with Gasteiger partial charge in [-0.2, -0.15) is 0 Å². The fourth-order valence-corrected chi connectivity index (χ4v) is 2.19. The predicted octanol–water partition coefficient (Wildman–Crippen LogP) is 3.33. The summed E-state index contributed by atoms with van der Waals surface area (Å²) in [6.45, 7) is 2.53. The van der Waals surface area contributed by atoms with Crippen LogP contribution >= 0.6 is 11.6 Å². The zero-order chi connectivity index (χ0) is 16.1. The van der Waals surface area contributed by atoms with Gasteiger partial charge in [0.25, 0.3) is 5.91 Å². The number of nitrogens with zero attached hydrogens (tertiary/aromatic N) is 1. The van der Waals surface area contributed by atoms with Gasteiger partial charge in [-0.15, -0.1) is 0 Å². The quantitative estimate of drug-likeness (QED) is 0.889. The molecule has 0 heterocycles. The minimum absolute atomic E-state index is 0.102.